The Kier molecular flexibility index (Phi) is 8.96. The molecule has 0 aliphatic carbocycles. The van der Waals surface area contributed by atoms with Crippen LogP contribution in [0.5, 0.6) is 0 Å². The van der Waals surface area contributed by atoms with Crippen molar-refractivity contribution >= 4 is 11.7 Å². The first-order chi connectivity index (χ1) is 18.6. The third-order valence-electron chi connectivity index (χ3n) is 7.26. The molecule has 3 heterocycles. The molecule has 2 aliphatic rings. The van der Waals surface area contributed by atoms with Crippen LogP contribution in [0.1, 0.15) is 34.3 Å². The molecule has 3 aromatic rings. The van der Waals surface area contributed by atoms with Gasteiger partial charge in [0.2, 0.25) is 0 Å². The zero-order valence-corrected chi connectivity index (χ0v) is 21.7. The Labute approximate surface area is 224 Å². The summed E-state index contributed by atoms with van der Waals surface area (Å²) in [5.74, 6) is 0.254. The van der Waals surface area contributed by atoms with Crippen LogP contribution in [0.4, 0.5) is 10.2 Å². The van der Waals surface area contributed by atoms with Crippen LogP contribution in [0.25, 0.3) is 0 Å². The number of hydrogen-bond acceptors (Lipinski definition) is 6. The number of piperidine rings is 1. The van der Waals surface area contributed by atoms with Gasteiger partial charge in [-0.2, -0.15) is 0 Å². The van der Waals surface area contributed by atoms with E-state index in [9.17, 15) is 9.18 Å². The summed E-state index contributed by atoms with van der Waals surface area (Å²) in [4.78, 5) is 22.3. The molecule has 5 rings (SSSR count). The van der Waals surface area contributed by atoms with E-state index in [4.69, 9.17) is 4.74 Å². The third kappa shape index (κ3) is 7.37. The van der Waals surface area contributed by atoms with Gasteiger partial charge in [-0.1, -0.05) is 42.5 Å². The number of carbonyl (C=O) groups excluding carboxylic acids is 1. The molecule has 1 aromatic heterocycles. The molecule has 2 aliphatic heterocycles. The number of nitrogens with one attached hydrogen (secondary N) is 2. The topological polar surface area (TPSA) is 69.7 Å². The lowest BCUT2D eigenvalue weighted by molar-refractivity contribution is -0.0292. The second kappa shape index (κ2) is 13.0. The van der Waals surface area contributed by atoms with Crippen molar-refractivity contribution in [3.63, 3.8) is 0 Å². The number of nitrogens with zero attached hydrogens (tertiary/aromatic N) is 3. The molecule has 38 heavy (non-hydrogen) atoms. The van der Waals surface area contributed by atoms with Gasteiger partial charge < -0.3 is 15.4 Å². The van der Waals surface area contributed by atoms with Crippen molar-refractivity contribution in [2.45, 2.75) is 38.1 Å². The van der Waals surface area contributed by atoms with Gasteiger partial charge in [-0.05, 0) is 48.2 Å². The first-order valence-corrected chi connectivity index (χ1v) is 13.5. The molecule has 7 nitrogen and oxygen atoms in total. The fourth-order valence-corrected chi connectivity index (χ4v) is 5.17. The zero-order chi connectivity index (χ0) is 26.2. The number of pyridine rings is 1. The van der Waals surface area contributed by atoms with E-state index >= 15 is 0 Å². The number of ether oxygens (including phenoxy) is 1. The van der Waals surface area contributed by atoms with E-state index in [2.05, 4.69) is 49.7 Å². The van der Waals surface area contributed by atoms with Crippen LogP contribution < -0.4 is 10.6 Å². The second-order valence-corrected chi connectivity index (χ2v) is 10.1. The van der Waals surface area contributed by atoms with Gasteiger partial charge in [0.05, 0.1) is 18.3 Å². The Balaban J connectivity index is 1.09. The highest BCUT2D eigenvalue weighted by molar-refractivity contribution is 5.98. The molecular weight excluding hydrogens is 481 g/mol. The van der Waals surface area contributed by atoms with Gasteiger partial charge in [-0.3, -0.25) is 14.6 Å². The lowest BCUT2D eigenvalue weighted by Gasteiger charge is -2.33. The minimum Gasteiger partial charge on any atom is -0.374 e. The molecule has 200 valence electrons. The fraction of sp³-hybridized carbons (Fsp3) is 0.400. The first-order valence-electron chi connectivity index (χ1n) is 13.5. The predicted molar refractivity (Wildman–Crippen MR) is 146 cm³/mol. The molecule has 0 radical (unpaired) electrons. The summed E-state index contributed by atoms with van der Waals surface area (Å²) >= 11 is 0. The first kappa shape index (κ1) is 26.3. The molecule has 0 saturated carbocycles. The van der Waals surface area contributed by atoms with Crippen molar-refractivity contribution in [2.24, 2.45) is 0 Å². The van der Waals surface area contributed by atoms with Gasteiger partial charge in [0, 0.05) is 58.1 Å². The molecule has 0 spiro atoms. The van der Waals surface area contributed by atoms with Gasteiger partial charge >= 0.3 is 0 Å². The number of carbonyl (C=O) groups is 1. The molecule has 1 unspecified atom stereocenters. The third-order valence-corrected chi connectivity index (χ3v) is 7.26. The van der Waals surface area contributed by atoms with Crippen molar-refractivity contribution < 1.29 is 13.9 Å². The van der Waals surface area contributed by atoms with Crippen LogP contribution >= 0.6 is 0 Å². The van der Waals surface area contributed by atoms with Crippen LogP contribution in [-0.2, 0) is 17.8 Å². The van der Waals surface area contributed by atoms with Gasteiger partial charge in [0.25, 0.3) is 5.91 Å². The lowest BCUT2D eigenvalue weighted by atomic mass is 10.0. The number of benzene rings is 2. The van der Waals surface area contributed by atoms with Crippen molar-refractivity contribution in [1.82, 2.24) is 20.1 Å². The number of halogens is 1. The van der Waals surface area contributed by atoms with E-state index in [0.717, 1.165) is 51.1 Å². The molecule has 2 saturated heterocycles. The highest BCUT2D eigenvalue weighted by atomic mass is 19.1. The molecule has 8 heteroatoms. The number of likely N-dealkylation sites (tertiary alicyclic amines) is 1. The number of anilines is 1. The van der Waals surface area contributed by atoms with Crippen LogP contribution in [0.15, 0.2) is 72.9 Å². The summed E-state index contributed by atoms with van der Waals surface area (Å²) in [7, 11) is 0. The van der Waals surface area contributed by atoms with Crippen molar-refractivity contribution in [3.8, 4) is 0 Å². The second-order valence-electron chi connectivity index (χ2n) is 10.1. The molecule has 2 fully saturated rings. The Morgan fingerprint density at radius 3 is 2.45 bits per heavy atom. The molecule has 2 N–H and O–H groups in total. The van der Waals surface area contributed by atoms with Crippen molar-refractivity contribution in [3.05, 3.63) is 95.4 Å². The number of hydrogen-bond donors (Lipinski definition) is 2. The Bertz CT molecular complexity index is 1170. The maximum Gasteiger partial charge on any atom is 0.255 e. The molecule has 0 bridgehead atoms. The van der Waals surface area contributed by atoms with Crippen molar-refractivity contribution in [1.29, 1.82) is 0 Å². The molecule has 1 atom stereocenters. The van der Waals surface area contributed by atoms with E-state index in [1.165, 1.54) is 17.7 Å². The SMILES string of the molecule is O=C(NCC1CN(Cc2ccc(F)cc2)CCO1)c1cccnc1NC1CCN(Cc2ccccc2)CC1. The van der Waals surface area contributed by atoms with Gasteiger partial charge in [-0.15, -0.1) is 0 Å². The summed E-state index contributed by atoms with van der Waals surface area (Å²) < 4.78 is 19.1. The monoisotopic (exact) mass is 517 g/mol. The van der Waals surface area contributed by atoms with E-state index in [0.29, 0.717) is 31.1 Å². The average Bonchev–Trinajstić information content (AvgIpc) is 2.95. The van der Waals surface area contributed by atoms with E-state index in [1.807, 2.05) is 24.3 Å². The highest BCUT2D eigenvalue weighted by Crippen LogP contribution is 2.20. The van der Waals surface area contributed by atoms with Gasteiger partial charge in [0.1, 0.15) is 11.6 Å². The summed E-state index contributed by atoms with van der Waals surface area (Å²) in [5.41, 5.74) is 2.95. The van der Waals surface area contributed by atoms with Gasteiger partial charge in [-0.25, -0.2) is 9.37 Å². The lowest BCUT2D eigenvalue weighted by Crippen LogP contribution is -2.47. The normalized spacial score (nSPS) is 19.2. The fourth-order valence-electron chi connectivity index (χ4n) is 5.17. The predicted octanol–water partition coefficient (Wildman–Crippen LogP) is 3.93. The largest absolute Gasteiger partial charge is 0.374 e. The van der Waals surface area contributed by atoms with E-state index < -0.39 is 0 Å². The maximum absolute atomic E-state index is 13.2. The van der Waals surface area contributed by atoms with Crippen LogP contribution in [0, 0.1) is 5.82 Å². The molecule has 2 aromatic carbocycles. The van der Waals surface area contributed by atoms with E-state index in [-0.39, 0.29) is 23.9 Å². The van der Waals surface area contributed by atoms with E-state index in [1.54, 1.807) is 12.3 Å². The summed E-state index contributed by atoms with van der Waals surface area (Å²) in [5, 5.41) is 6.57. The number of aromatic nitrogens is 1. The molecule has 1 amide bonds. The van der Waals surface area contributed by atoms with Gasteiger partial charge in [0.15, 0.2) is 0 Å². The Morgan fingerprint density at radius 2 is 1.66 bits per heavy atom. The maximum atomic E-state index is 13.2. The number of rotatable bonds is 9. The standard InChI is InChI=1S/C30H36FN5O2/c31-25-10-8-24(9-11-25)21-36-17-18-38-27(22-36)19-33-30(37)28-7-4-14-32-29(28)34-26-12-15-35(16-13-26)20-23-5-2-1-3-6-23/h1-11,14,26-27H,12-13,15-22H2,(H,32,34)(H,33,37). The quantitative estimate of drug-likeness (QED) is 0.448. The van der Waals surface area contributed by atoms with Crippen LogP contribution in [0.3, 0.4) is 0 Å². The highest BCUT2D eigenvalue weighted by Gasteiger charge is 2.24. The van der Waals surface area contributed by atoms with Crippen LogP contribution in [0.2, 0.25) is 0 Å². The summed E-state index contributed by atoms with van der Waals surface area (Å²) in [6.45, 7) is 6.25. The minimum absolute atomic E-state index is 0.102. The number of amides is 1. The zero-order valence-electron chi connectivity index (χ0n) is 21.7. The Hall–Kier alpha value is -3.33. The average molecular weight is 518 g/mol. The summed E-state index contributed by atoms with van der Waals surface area (Å²) in [6, 6.07) is 21.1. The molecular formula is C30H36FN5O2. The van der Waals surface area contributed by atoms with Crippen molar-refractivity contribution in [2.75, 3.05) is 44.6 Å². The minimum atomic E-state index is -0.228. The van der Waals surface area contributed by atoms with Crippen LogP contribution in [-0.4, -0.2) is 72.2 Å². The smallest absolute Gasteiger partial charge is 0.255 e. The summed E-state index contributed by atoms with van der Waals surface area (Å²) in [6.07, 6.45) is 3.63. The number of morpholine rings is 1. The Morgan fingerprint density at radius 1 is 0.921 bits per heavy atom.